The average molecular weight is 362 g/mol. The molecule has 0 spiro atoms. The van der Waals surface area contributed by atoms with Gasteiger partial charge in [-0.2, -0.15) is 0 Å². The summed E-state index contributed by atoms with van der Waals surface area (Å²) < 4.78 is 26.7. The van der Waals surface area contributed by atoms with Crippen LogP contribution in [0.2, 0.25) is 0 Å². The lowest BCUT2D eigenvalue weighted by atomic mass is 10.1. The fourth-order valence-electron chi connectivity index (χ4n) is 2.59. The second kappa shape index (κ2) is 8.53. The van der Waals surface area contributed by atoms with Crippen LogP contribution in [0, 0.1) is 25.5 Å². The summed E-state index contributed by atoms with van der Waals surface area (Å²) in [5.74, 6) is -2.10. The van der Waals surface area contributed by atoms with Gasteiger partial charge in [0.05, 0.1) is 12.7 Å². The highest BCUT2D eigenvalue weighted by atomic mass is 19.1. The standard InChI is InChI=1S/C19H21F2N3O2/c1-12-5-4-6-13(2)19(12)23-18(26)11-24(3)10-17(25)22-16-9-14(20)7-8-15(16)21/h4-9H,10-11H2,1-3H3,(H,22,25)(H,23,26)/p+1. The minimum Gasteiger partial charge on any atom is -0.322 e. The molecule has 0 aliphatic rings. The molecule has 2 amide bonds. The molecule has 138 valence electrons. The van der Waals surface area contributed by atoms with Crippen LogP contribution in [0.15, 0.2) is 36.4 Å². The first-order valence-corrected chi connectivity index (χ1v) is 8.18. The summed E-state index contributed by atoms with van der Waals surface area (Å²) in [6, 6.07) is 8.55. The lowest BCUT2D eigenvalue weighted by molar-refractivity contribution is -0.862. The van der Waals surface area contributed by atoms with Crippen LogP contribution in [0.4, 0.5) is 20.2 Å². The van der Waals surface area contributed by atoms with Crippen LogP contribution >= 0.6 is 0 Å². The second-order valence-corrected chi connectivity index (χ2v) is 6.30. The van der Waals surface area contributed by atoms with Gasteiger partial charge < -0.3 is 15.5 Å². The van der Waals surface area contributed by atoms with Gasteiger partial charge in [0.15, 0.2) is 13.1 Å². The van der Waals surface area contributed by atoms with E-state index in [1.807, 2.05) is 32.0 Å². The van der Waals surface area contributed by atoms with Gasteiger partial charge in [-0.1, -0.05) is 18.2 Å². The van der Waals surface area contributed by atoms with Gasteiger partial charge in [-0.05, 0) is 37.1 Å². The first-order valence-electron chi connectivity index (χ1n) is 8.18. The van der Waals surface area contributed by atoms with Gasteiger partial charge in [-0.25, -0.2) is 8.78 Å². The molecule has 0 aliphatic carbocycles. The van der Waals surface area contributed by atoms with Gasteiger partial charge in [-0.15, -0.1) is 0 Å². The molecule has 26 heavy (non-hydrogen) atoms. The van der Waals surface area contributed by atoms with E-state index in [1.54, 1.807) is 7.05 Å². The van der Waals surface area contributed by atoms with E-state index in [0.29, 0.717) is 4.90 Å². The van der Waals surface area contributed by atoms with Crippen LogP contribution in [-0.2, 0) is 9.59 Å². The van der Waals surface area contributed by atoms with E-state index in [0.717, 1.165) is 35.0 Å². The van der Waals surface area contributed by atoms with E-state index in [1.165, 1.54) is 0 Å². The molecule has 0 bridgehead atoms. The minimum atomic E-state index is -0.717. The number of likely N-dealkylation sites (N-methyl/N-ethyl adjacent to an activating group) is 1. The zero-order chi connectivity index (χ0) is 19.3. The van der Waals surface area contributed by atoms with Crippen LogP contribution < -0.4 is 15.5 Å². The van der Waals surface area contributed by atoms with Gasteiger partial charge in [-0.3, -0.25) is 9.59 Å². The number of rotatable bonds is 6. The van der Waals surface area contributed by atoms with Gasteiger partial charge in [0.1, 0.15) is 11.6 Å². The Balaban J connectivity index is 1.89. The Hall–Kier alpha value is -2.80. The number of anilines is 2. The predicted octanol–water partition coefficient (Wildman–Crippen LogP) is 1.67. The lowest BCUT2D eigenvalue weighted by Gasteiger charge is -2.15. The summed E-state index contributed by atoms with van der Waals surface area (Å²) in [7, 11) is 1.67. The van der Waals surface area contributed by atoms with Crippen molar-refractivity contribution in [1.29, 1.82) is 0 Å². The Morgan fingerprint density at radius 1 is 0.962 bits per heavy atom. The molecule has 0 saturated carbocycles. The molecule has 2 aromatic carbocycles. The highest BCUT2D eigenvalue weighted by molar-refractivity contribution is 5.94. The summed E-state index contributed by atoms with van der Waals surface area (Å²) in [5.41, 5.74) is 2.45. The molecule has 1 atom stereocenters. The van der Waals surface area contributed by atoms with E-state index in [4.69, 9.17) is 0 Å². The van der Waals surface area contributed by atoms with Gasteiger partial charge in [0.25, 0.3) is 11.8 Å². The number of aryl methyl sites for hydroxylation is 2. The molecule has 2 aromatic rings. The summed E-state index contributed by atoms with van der Waals surface area (Å²) in [6.45, 7) is 3.81. The van der Waals surface area contributed by atoms with E-state index >= 15 is 0 Å². The molecule has 5 nitrogen and oxygen atoms in total. The van der Waals surface area contributed by atoms with Gasteiger partial charge in [0, 0.05) is 11.8 Å². The highest BCUT2D eigenvalue weighted by Crippen LogP contribution is 2.19. The van der Waals surface area contributed by atoms with Crippen LogP contribution in [0.1, 0.15) is 11.1 Å². The zero-order valence-electron chi connectivity index (χ0n) is 15.0. The van der Waals surface area contributed by atoms with Crippen LogP contribution in [0.25, 0.3) is 0 Å². The minimum absolute atomic E-state index is 0.0594. The van der Waals surface area contributed by atoms with Gasteiger partial charge in [0.2, 0.25) is 0 Å². The maximum atomic E-state index is 13.5. The SMILES string of the molecule is Cc1cccc(C)c1NC(=O)C[NH+](C)CC(=O)Nc1cc(F)ccc1F. The van der Waals surface area contributed by atoms with Crippen molar-refractivity contribution in [2.45, 2.75) is 13.8 Å². The summed E-state index contributed by atoms with van der Waals surface area (Å²) >= 11 is 0. The molecule has 0 aliphatic heterocycles. The fraction of sp³-hybridized carbons (Fsp3) is 0.263. The van der Waals surface area contributed by atoms with E-state index in [-0.39, 0.29) is 24.7 Å². The molecule has 0 fully saturated rings. The molecule has 1 unspecified atom stereocenters. The first-order chi connectivity index (χ1) is 12.3. The topological polar surface area (TPSA) is 62.6 Å². The number of halogens is 2. The summed E-state index contributed by atoms with van der Waals surface area (Å²) in [4.78, 5) is 24.8. The molecule has 7 heteroatoms. The third kappa shape index (κ3) is 5.35. The molecular weight excluding hydrogens is 340 g/mol. The summed E-state index contributed by atoms with van der Waals surface area (Å²) in [6.07, 6.45) is 0. The number of para-hydroxylation sites is 1. The molecule has 0 aromatic heterocycles. The Kier molecular flexibility index (Phi) is 6.41. The van der Waals surface area contributed by atoms with E-state index in [2.05, 4.69) is 10.6 Å². The first kappa shape index (κ1) is 19.5. The number of carbonyl (C=O) groups excluding carboxylic acids is 2. The van der Waals surface area contributed by atoms with Crippen molar-refractivity contribution in [3.8, 4) is 0 Å². The number of carbonyl (C=O) groups is 2. The number of amides is 2. The highest BCUT2D eigenvalue weighted by Gasteiger charge is 2.17. The average Bonchev–Trinajstić information content (AvgIpc) is 2.54. The zero-order valence-corrected chi connectivity index (χ0v) is 15.0. The van der Waals surface area contributed by atoms with Crippen molar-refractivity contribution in [1.82, 2.24) is 0 Å². The molecule has 2 rings (SSSR count). The molecule has 0 heterocycles. The third-order valence-electron chi connectivity index (χ3n) is 3.87. The van der Waals surface area contributed by atoms with E-state index in [9.17, 15) is 18.4 Å². The van der Waals surface area contributed by atoms with Crippen molar-refractivity contribution < 1.29 is 23.3 Å². The predicted molar refractivity (Wildman–Crippen MR) is 96.2 cm³/mol. The monoisotopic (exact) mass is 362 g/mol. The maximum Gasteiger partial charge on any atom is 0.279 e. The number of benzene rings is 2. The second-order valence-electron chi connectivity index (χ2n) is 6.30. The Bertz CT molecular complexity index is 804. The summed E-state index contributed by atoms with van der Waals surface area (Å²) in [5, 5.41) is 5.16. The van der Waals surface area contributed by atoms with Crippen LogP contribution in [-0.4, -0.2) is 32.0 Å². The van der Waals surface area contributed by atoms with Crippen LogP contribution in [0.5, 0.6) is 0 Å². The van der Waals surface area contributed by atoms with Crippen molar-refractivity contribution in [2.75, 3.05) is 30.8 Å². The number of hydrogen-bond acceptors (Lipinski definition) is 2. The van der Waals surface area contributed by atoms with Gasteiger partial charge >= 0.3 is 0 Å². The third-order valence-corrected chi connectivity index (χ3v) is 3.87. The number of quaternary nitrogens is 1. The Labute approximate surface area is 151 Å². The van der Waals surface area contributed by atoms with Crippen molar-refractivity contribution in [3.05, 3.63) is 59.2 Å². The fourth-order valence-corrected chi connectivity index (χ4v) is 2.59. The maximum absolute atomic E-state index is 13.5. The smallest absolute Gasteiger partial charge is 0.279 e. The van der Waals surface area contributed by atoms with Crippen molar-refractivity contribution in [2.24, 2.45) is 0 Å². The molecule has 3 N–H and O–H groups in total. The largest absolute Gasteiger partial charge is 0.322 e. The van der Waals surface area contributed by atoms with Crippen molar-refractivity contribution >= 4 is 23.2 Å². The van der Waals surface area contributed by atoms with Crippen molar-refractivity contribution in [3.63, 3.8) is 0 Å². The Morgan fingerprint density at radius 3 is 2.15 bits per heavy atom. The Morgan fingerprint density at radius 2 is 1.54 bits per heavy atom. The molecule has 0 saturated heterocycles. The molecular formula is C19H22F2N3O2+. The number of nitrogens with one attached hydrogen (secondary N) is 3. The molecule has 0 radical (unpaired) electrons. The number of hydrogen-bond donors (Lipinski definition) is 3. The quantitative estimate of drug-likeness (QED) is 0.732. The van der Waals surface area contributed by atoms with Crippen LogP contribution in [0.3, 0.4) is 0 Å². The lowest BCUT2D eigenvalue weighted by Crippen LogP contribution is -3.11. The van der Waals surface area contributed by atoms with E-state index < -0.39 is 17.5 Å². The normalized spacial score (nSPS) is 11.7.